The smallest absolute Gasteiger partial charge is 0.0671 e. The van der Waals surface area contributed by atoms with Crippen molar-refractivity contribution in [3.8, 4) is 0 Å². The Labute approximate surface area is 131 Å². The molecule has 0 fully saturated rings. The van der Waals surface area contributed by atoms with Gasteiger partial charge in [-0.1, -0.05) is 38.4 Å². The molecule has 0 amide bonds. The zero-order chi connectivity index (χ0) is 14.9. The lowest BCUT2D eigenvalue weighted by Gasteiger charge is -2.19. The first kappa shape index (κ1) is 15.6. The van der Waals surface area contributed by atoms with E-state index in [0.29, 0.717) is 0 Å². The van der Waals surface area contributed by atoms with Crippen molar-refractivity contribution in [1.29, 1.82) is 0 Å². The van der Waals surface area contributed by atoms with Crippen LogP contribution >= 0.6 is 22.9 Å². The van der Waals surface area contributed by atoms with Crippen LogP contribution in [-0.2, 0) is 5.41 Å². The zero-order valence-electron chi connectivity index (χ0n) is 12.8. The van der Waals surface area contributed by atoms with Crippen LogP contribution in [-0.4, -0.2) is 7.05 Å². The Morgan fingerprint density at radius 1 is 1.15 bits per heavy atom. The number of hydrogen-bond donors (Lipinski definition) is 1. The molecule has 0 spiro atoms. The predicted molar refractivity (Wildman–Crippen MR) is 90.1 cm³/mol. The number of aryl methyl sites for hydroxylation is 1. The molecule has 1 nitrogen and oxygen atoms in total. The molecule has 3 heteroatoms. The van der Waals surface area contributed by atoms with Gasteiger partial charge in [0.15, 0.2) is 0 Å². The van der Waals surface area contributed by atoms with Crippen LogP contribution in [0, 0.1) is 6.92 Å². The van der Waals surface area contributed by atoms with Gasteiger partial charge in [0, 0.05) is 14.8 Å². The van der Waals surface area contributed by atoms with Crippen molar-refractivity contribution in [2.24, 2.45) is 0 Å². The molecule has 1 aromatic carbocycles. The molecule has 20 heavy (non-hydrogen) atoms. The van der Waals surface area contributed by atoms with E-state index in [1.165, 1.54) is 20.9 Å². The summed E-state index contributed by atoms with van der Waals surface area (Å²) in [4.78, 5) is 2.77. The molecule has 2 rings (SSSR count). The lowest BCUT2D eigenvalue weighted by Crippen LogP contribution is -2.17. The van der Waals surface area contributed by atoms with Crippen LogP contribution in [0.15, 0.2) is 30.3 Å². The summed E-state index contributed by atoms with van der Waals surface area (Å²) in [5.41, 5.74) is 2.72. The summed E-state index contributed by atoms with van der Waals surface area (Å²) in [6.45, 7) is 8.88. The summed E-state index contributed by atoms with van der Waals surface area (Å²) in [5, 5.41) is 4.22. The summed E-state index contributed by atoms with van der Waals surface area (Å²) < 4.78 is 0. The van der Waals surface area contributed by atoms with Crippen molar-refractivity contribution in [2.75, 3.05) is 7.05 Å². The quantitative estimate of drug-likeness (QED) is 0.809. The van der Waals surface area contributed by atoms with Crippen LogP contribution in [0.4, 0.5) is 0 Å². The van der Waals surface area contributed by atoms with Crippen LogP contribution in [0.3, 0.4) is 0 Å². The number of nitrogens with one attached hydrogen (secondary N) is 1. The molecular formula is C17H22ClNS. The van der Waals surface area contributed by atoms with E-state index in [9.17, 15) is 0 Å². The highest BCUT2D eigenvalue weighted by molar-refractivity contribution is 7.12. The second-order valence-electron chi connectivity index (χ2n) is 6.17. The standard InChI is InChI=1S/C17H22ClNS/c1-11-10-12(18)6-7-13(11)16(19-5)14-8-9-15(20-14)17(2,3)4/h6-10,16,19H,1-5H3. The normalized spacial score (nSPS) is 13.5. The third-order valence-electron chi connectivity index (χ3n) is 3.48. The average Bonchev–Trinajstić information content (AvgIpc) is 2.82. The highest BCUT2D eigenvalue weighted by atomic mass is 35.5. The first-order valence-corrected chi connectivity index (χ1v) is 8.06. The summed E-state index contributed by atoms with van der Waals surface area (Å²) in [5.74, 6) is 0. The maximum Gasteiger partial charge on any atom is 0.0671 e. The second-order valence-corrected chi connectivity index (χ2v) is 7.73. The minimum atomic E-state index is 0.205. The van der Waals surface area contributed by atoms with Crippen molar-refractivity contribution in [2.45, 2.75) is 39.2 Å². The van der Waals surface area contributed by atoms with Gasteiger partial charge >= 0.3 is 0 Å². The van der Waals surface area contributed by atoms with E-state index in [-0.39, 0.29) is 11.5 Å². The Morgan fingerprint density at radius 2 is 1.85 bits per heavy atom. The first-order chi connectivity index (χ1) is 9.32. The highest BCUT2D eigenvalue weighted by Crippen LogP contribution is 2.35. The van der Waals surface area contributed by atoms with Crippen molar-refractivity contribution < 1.29 is 0 Å². The van der Waals surface area contributed by atoms with E-state index < -0.39 is 0 Å². The number of rotatable bonds is 3. The van der Waals surface area contributed by atoms with Crippen LogP contribution < -0.4 is 5.32 Å². The summed E-state index contributed by atoms with van der Waals surface area (Å²) in [6, 6.07) is 10.8. The van der Waals surface area contributed by atoms with Crippen molar-refractivity contribution in [3.05, 3.63) is 56.2 Å². The zero-order valence-corrected chi connectivity index (χ0v) is 14.3. The Bertz CT molecular complexity index is 595. The van der Waals surface area contributed by atoms with Gasteiger partial charge in [-0.25, -0.2) is 0 Å². The SMILES string of the molecule is CNC(c1ccc(C(C)(C)C)s1)c1ccc(Cl)cc1C. The van der Waals surface area contributed by atoms with Crippen LogP contribution in [0.2, 0.25) is 5.02 Å². The van der Waals surface area contributed by atoms with Gasteiger partial charge < -0.3 is 5.32 Å². The number of benzene rings is 1. The minimum Gasteiger partial charge on any atom is -0.309 e. The summed E-state index contributed by atoms with van der Waals surface area (Å²) in [7, 11) is 2.01. The fourth-order valence-electron chi connectivity index (χ4n) is 2.33. The molecule has 1 unspecified atom stereocenters. The van der Waals surface area contributed by atoms with E-state index in [0.717, 1.165) is 5.02 Å². The van der Waals surface area contributed by atoms with Crippen molar-refractivity contribution in [3.63, 3.8) is 0 Å². The maximum atomic E-state index is 6.06. The van der Waals surface area contributed by atoms with Gasteiger partial charge in [-0.15, -0.1) is 11.3 Å². The fourth-order valence-corrected chi connectivity index (χ4v) is 3.75. The number of hydrogen-bond acceptors (Lipinski definition) is 2. The molecule has 2 aromatic rings. The Hall–Kier alpha value is -0.830. The van der Waals surface area contributed by atoms with Crippen LogP contribution in [0.1, 0.15) is 47.7 Å². The number of halogens is 1. The van der Waals surface area contributed by atoms with Crippen molar-refractivity contribution in [1.82, 2.24) is 5.32 Å². The van der Waals surface area contributed by atoms with Gasteiger partial charge in [-0.2, -0.15) is 0 Å². The summed E-state index contributed by atoms with van der Waals surface area (Å²) in [6.07, 6.45) is 0. The third-order valence-corrected chi connectivity index (χ3v) is 5.29. The van der Waals surface area contributed by atoms with Crippen molar-refractivity contribution >= 4 is 22.9 Å². The molecule has 0 aliphatic carbocycles. The third kappa shape index (κ3) is 3.25. The predicted octanol–water partition coefficient (Wildman–Crippen LogP) is 5.32. The largest absolute Gasteiger partial charge is 0.309 e. The lowest BCUT2D eigenvalue weighted by molar-refractivity contribution is 0.604. The summed E-state index contributed by atoms with van der Waals surface area (Å²) >= 11 is 7.94. The lowest BCUT2D eigenvalue weighted by atomic mass is 9.95. The molecule has 1 aromatic heterocycles. The molecule has 1 atom stereocenters. The van der Waals surface area contributed by atoms with E-state index in [4.69, 9.17) is 11.6 Å². The Morgan fingerprint density at radius 3 is 2.35 bits per heavy atom. The molecule has 0 bridgehead atoms. The van der Waals surface area contributed by atoms with Gasteiger partial charge in [0.05, 0.1) is 6.04 Å². The van der Waals surface area contributed by atoms with E-state index in [1.807, 2.05) is 30.5 Å². The van der Waals surface area contributed by atoms with Gasteiger partial charge in [0.1, 0.15) is 0 Å². The molecular weight excluding hydrogens is 286 g/mol. The Kier molecular flexibility index (Phi) is 4.58. The Balaban J connectivity index is 2.40. The van der Waals surface area contributed by atoms with Crippen LogP contribution in [0.25, 0.3) is 0 Å². The molecule has 0 saturated heterocycles. The van der Waals surface area contributed by atoms with E-state index in [2.05, 4.69) is 51.2 Å². The van der Waals surface area contributed by atoms with Crippen LogP contribution in [0.5, 0.6) is 0 Å². The van der Waals surface area contributed by atoms with Gasteiger partial charge in [-0.3, -0.25) is 0 Å². The molecule has 0 saturated carbocycles. The molecule has 0 aliphatic heterocycles. The molecule has 108 valence electrons. The maximum absolute atomic E-state index is 6.06. The number of thiophene rings is 1. The second kappa shape index (κ2) is 5.88. The molecule has 0 aliphatic rings. The fraction of sp³-hybridized carbons (Fsp3) is 0.412. The molecule has 0 radical (unpaired) electrons. The average molecular weight is 308 g/mol. The molecule has 1 heterocycles. The van der Waals surface area contributed by atoms with Gasteiger partial charge in [0.2, 0.25) is 0 Å². The monoisotopic (exact) mass is 307 g/mol. The first-order valence-electron chi connectivity index (χ1n) is 6.86. The topological polar surface area (TPSA) is 12.0 Å². The minimum absolute atomic E-state index is 0.205. The van der Waals surface area contributed by atoms with E-state index >= 15 is 0 Å². The van der Waals surface area contributed by atoms with Gasteiger partial charge in [-0.05, 0) is 54.8 Å². The van der Waals surface area contributed by atoms with E-state index in [1.54, 1.807) is 0 Å². The highest BCUT2D eigenvalue weighted by Gasteiger charge is 2.21. The molecule has 1 N–H and O–H groups in total. The van der Waals surface area contributed by atoms with Gasteiger partial charge in [0.25, 0.3) is 0 Å².